The predicted octanol–water partition coefficient (Wildman–Crippen LogP) is 0.838. The van der Waals surface area contributed by atoms with Gasteiger partial charge in [-0.15, -0.1) is 0 Å². The summed E-state index contributed by atoms with van der Waals surface area (Å²) >= 11 is 0. The van der Waals surface area contributed by atoms with Crippen LogP contribution in [0.5, 0.6) is 0 Å². The summed E-state index contributed by atoms with van der Waals surface area (Å²) in [6, 6.07) is 2.18. The van der Waals surface area contributed by atoms with E-state index in [1.165, 1.54) is 12.1 Å². The molecule has 1 aromatic rings. The van der Waals surface area contributed by atoms with E-state index < -0.39 is 0 Å². The van der Waals surface area contributed by atoms with Crippen LogP contribution in [0.1, 0.15) is 30.3 Å². The summed E-state index contributed by atoms with van der Waals surface area (Å²) in [6.07, 6.45) is 2.56. The van der Waals surface area contributed by atoms with E-state index in [2.05, 4.69) is 21.2 Å². The van der Waals surface area contributed by atoms with Crippen LogP contribution >= 0.6 is 0 Å². The minimum Gasteiger partial charge on any atom is -0.372 e. The van der Waals surface area contributed by atoms with Crippen molar-refractivity contribution in [3.63, 3.8) is 0 Å². The van der Waals surface area contributed by atoms with Crippen molar-refractivity contribution in [1.29, 1.82) is 0 Å². The Kier molecular flexibility index (Phi) is 2.03. The van der Waals surface area contributed by atoms with Crippen LogP contribution in [0.2, 0.25) is 0 Å². The SMILES string of the molecule is c1c([C@H]2CCCO2)nn2c1CNCC2. The summed E-state index contributed by atoms with van der Waals surface area (Å²) in [7, 11) is 0. The van der Waals surface area contributed by atoms with Crippen LogP contribution in [0.4, 0.5) is 0 Å². The second-order valence-corrected chi connectivity index (χ2v) is 3.96. The Morgan fingerprint density at radius 3 is 3.36 bits per heavy atom. The zero-order valence-electron chi connectivity index (χ0n) is 8.20. The van der Waals surface area contributed by atoms with Crippen molar-refractivity contribution in [1.82, 2.24) is 15.1 Å². The Hall–Kier alpha value is -0.870. The quantitative estimate of drug-likeness (QED) is 0.718. The summed E-state index contributed by atoms with van der Waals surface area (Å²) in [5, 5.41) is 7.93. The van der Waals surface area contributed by atoms with Crippen molar-refractivity contribution in [3.8, 4) is 0 Å². The molecule has 3 rings (SSSR count). The van der Waals surface area contributed by atoms with Crippen molar-refractivity contribution in [2.24, 2.45) is 0 Å². The number of nitrogens with zero attached hydrogens (tertiary/aromatic N) is 2. The van der Waals surface area contributed by atoms with E-state index in [4.69, 9.17) is 4.74 Å². The van der Waals surface area contributed by atoms with Gasteiger partial charge in [-0.1, -0.05) is 0 Å². The van der Waals surface area contributed by atoms with E-state index >= 15 is 0 Å². The molecule has 4 heteroatoms. The summed E-state index contributed by atoms with van der Waals surface area (Å²) in [5.41, 5.74) is 2.42. The zero-order valence-corrected chi connectivity index (χ0v) is 8.20. The minimum atomic E-state index is 0.258. The fourth-order valence-corrected chi connectivity index (χ4v) is 2.18. The van der Waals surface area contributed by atoms with Gasteiger partial charge in [0.2, 0.25) is 0 Å². The predicted molar refractivity (Wildman–Crippen MR) is 51.9 cm³/mol. The molecule has 1 N–H and O–H groups in total. The van der Waals surface area contributed by atoms with Gasteiger partial charge >= 0.3 is 0 Å². The van der Waals surface area contributed by atoms with E-state index in [9.17, 15) is 0 Å². The number of aromatic nitrogens is 2. The molecule has 14 heavy (non-hydrogen) atoms. The van der Waals surface area contributed by atoms with Crippen molar-refractivity contribution < 1.29 is 4.74 Å². The standard InChI is InChI=1S/C10H15N3O/c1-2-10(14-5-1)9-6-8-7-11-3-4-13(8)12-9/h6,10-11H,1-5,7H2/t10-/m1/s1. The number of hydrogen-bond acceptors (Lipinski definition) is 3. The average Bonchev–Trinajstić information content (AvgIpc) is 2.86. The molecule has 0 spiro atoms. The maximum Gasteiger partial charge on any atom is 0.101 e. The Balaban J connectivity index is 1.87. The summed E-state index contributed by atoms with van der Waals surface area (Å²) in [6.45, 7) is 3.85. The lowest BCUT2D eigenvalue weighted by molar-refractivity contribution is 0.108. The summed E-state index contributed by atoms with van der Waals surface area (Å²) in [5.74, 6) is 0. The van der Waals surface area contributed by atoms with E-state index in [1.807, 2.05) is 0 Å². The normalized spacial score (nSPS) is 26.4. The molecule has 1 atom stereocenters. The molecule has 0 saturated carbocycles. The molecule has 3 heterocycles. The van der Waals surface area contributed by atoms with Gasteiger partial charge < -0.3 is 10.1 Å². The number of rotatable bonds is 1. The summed E-state index contributed by atoms with van der Waals surface area (Å²) in [4.78, 5) is 0. The van der Waals surface area contributed by atoms with Gasteiger partial charge in [0.25, 0.3) is 0 Å². The molecule has 0 amide bonds. The maximum atomic E-state index is 5.62. The van der Waals surface area contributed by atoms with Crippen LogP contribution in [0.15, 0.2) is 6.07 Å². The summed E-state index contributed by atoms with van der Waals surface area (Å²) < 4.78 is 7.73. The molecule has 2 aliphatic rings. The Morgan fingerprint density at radius 2 is 2.57 bits per heavy atom. The molecule has 1 aromatic heterocycles. The fourth-order valence-electron chi connectivity index (χ4n) is 2.18. The first-order valence-electron chi connectivity index (χ1n) is 5.32. The molecule has 1 fully saturated rings. The van der Waals surface area contributed by atoms with Crippen LogP contribution in [-0.2, 0) is 17.8 Å². The monoisotopic (exact) mass is 193 g/mol. The minimum absolute atomic E-state index is 0.258. The molecule has 1 saturated heterocycles. The molecule has 0 unspecified atom stereocenters. The fraction of sp³-hybridized carbons (Fsp3) is 0.700. The second kappa shape index (κ2) is 3.37. The number of fused-ring (bicyclic) bond motifs is 1. The van der Waals surface area contributed by atoms with E-state index in [0.717, 1.165) is 38.4 Å². The molecule has 4 nitrogen and oxygen atoms in total. The molecular weight excluding hydrogens is 178 g/mol. The van der Waals surface area contributed by atoms with Gasteiger partial charge in [-0.25, -0.2) is 0 Å². The van der Waals surface area contributed by atoms with Crippen molar-refractivity contribution in [2.75, 3.05) is 13.2 Å². The van der Waals surface area contributed by atoms with Crippen molar-refractivity contribution >= 4 is 0 Å². The third kappa shape index (κ3) is 1.35. The van der Waals surface area contributed by atoms with Crippen LogP contribution in [0, 0.1) is 0 Å². The Morgan fingerprint density at radius 1 is 1.57 bits per heavy atom. The van der Waals surface area contributed by atoms with E-state index in [-0.39, 0.29) is 6.10 Å². The van der Waals surface area contributed by atoms with Gasteiger partial charge in [0, 0.05) is 19.7 Å². The molecule has 0 bridgehead atoms. The lowest BCUT2D eigenvalue weighted by atomic mass is 10.2. The van der Waals surface area contributed by atoms with Crippen LogP contribution < -0.4 is 5.32 Å². The Labute approximate surface area is 83.2 Å². The maximum absolute atomic E-state index is 5.62. The molecule has 76 valence electrons. The molecule has 0 aromatic carbocycles. The number of ether oxygens (including phenoxy) is 1. The third-order valence-electron chi connectivity index (χ3n) is 2.95. The van der Waals surface area contributed by atoms with Gasteiger partial charge in [-0.2, -0.15) is 5.10 Å². The highest BCUT2D eigenvalue weighted by Gasteiger charge is 2.22. The zero-order chi connectivity index (χ0) is 9.38. The lowest BCUT2D eigenvalue weighted by Crippen LogP contribution is -2.28. The van der Waals surface area contributed by atoms with Gasteiger partial charge in [0.1, 0.15) is 6.10 Å². The van der Waals surface area contributed by atoms with Crippen LogP contribution in [-0.4, -0.2) is 22.9 Å². The van der Waals surface area contributed by atoms with Crippen LogP contribution in [0.3, 0.4) is 0 Å². The topological polar surface area (TPSA) is 39.1 Å². The third-order valence-corrected chi connectivity index (χ3v) is 2.95. The first kappa shape index (κ1) is 8.44. The number of nitrogens with one attached hydrogen (secondary N) is 1. The van der Waals surface area contributed by atoms with Crippen molar-refractivity contribution in [3.05, 3.63) is 17.5 Å². The first-order valence-corrected chi connectivity index (χ1v) is 5.32. The highest BCUT2D eigenvalue weighted by Crippen LogP contribution is 2.28. The van der Waals surface area contributed by atoms with Crippen molar-refractivity contribution in [2.45, 2.75) is 32.0 Å². The average molecular weight is 193 g/mol. The van der Waals surface area contributed by atoms with E-state index in [1.54, 1.807) is 0 Å². The second-order valence-electron chi connectivity index (χ2n) is 3.96. The molecule has 2 aliphatic heterocycles. The largest absolute Gasteiger partial charge is 0.372 e. The molecule has 0 radical (unpaired) electrons. The highest BCUT2D eigenvalue weighted by molar-refractivity contribution is 5.14. The Bertz CT molecular complexity index is 305. The number of hydrogen-bond donors (Lipinski definition) is 1. The molecule has 0 aliphatic carbocycles. The van der Waals surface area contributed by atoms with E-state index in [0.29, 0.717) is 0 Å². The van der Waals surface area contributed by atoms with Gasteiger partial charge in [0.15, 0.2) is 0 Å². The van der Waals surface area contributed by atoms with Crippen LogP contribution in [0.25, 0.3) is 0 Å². The highest BCUT2D eigenvalue weighted by atomic mass is 16.5. The van der Waals surface area contributed by atoms with Gasteiger partial charge in [-0.05, 0) is 18.9 Å². The van der Waals surface area contributed by atoms with Gasteiger partial charge in [-0.3, -0.25) is 4.68 Å². The lowest BCUT2D eigenvalue weighted by Gasteiger charge is -2.13. The van der Waals surface area contributed by atoms with Gasteiger partial charge in [0.05, 0.1) is 17.9 Å². The molecular formula is C10H15N3O. The smallest absolute Gasteiger partial charge is 0.101 e. The first-order chi connectivity index (χ1) is 6.93.